The molecule has 3 aromatic rings. The fraction of sp³-hybridized carbons (Fsp3) is 0.167. The molecule has 0 heterocycles. The molecule has 172 valence electrons. The highest BCUT2D eigenvalue weighted by Gasteiger charge is 2.29. The Hall–Kier alpha value is -3.36. The lowest BCUT2D eigenvalue weighted by Crippen LogP contribution is -2.39. The topological polar surface area (TPSA) is 88.1 Å². The van der Waals surface area contributed by atoms with Crippen molar-refractivity contribution in [1.29, 1.82) is 0 Å². The van der Waals surface area contributed by atoms with E-state index in [-0.39, 0.29) is 16.3 Å². The van der Waals surface area contributed by atoms with Crippen LogP contribution < -0.4 is 14.5 Å². The van der Waals surface area contributed by atoms with Crippen molar-refractivity contribution < 1.29 is 17.9 Å². The van der Waals surface area contributed by atoms with Gasteiger partial charge in [-0.15, -0.1) is 0 Å². The van der Waals surface area contributed by atoms with Gasteiger partial charge in [0.25, 0.3) is 15.9 Å². The van der Waals surface area contributed by atoms with Crippen molar-refractivity contribution in [2.24, 2.45) is 5.10 Å². The molecule has 0 atom stereocenters. The lowest BCUT2D eigenvalue weighted by molar-refractivity contribution is -0.119. The van der Waals surface area contributed by atoms with Crippen molar-refractivity contribution in [3.8, 4) is 5.75 Å². The number of methoxy groups -OCH3 is 1. The Morgan fingerprint density at radius 1 is 1.03 bits per heavy atom. The third kappa shape index (κ3) is 6.12. The van der Waals surface area contributed by atoms with Crippen LogP contribution in [0.15, 0.2) is 76.7 Å². The highest BCUT2D eigenvalue weighted by atomic mass is 35.5. The van der Waals surface area contributed by atoms with Gasteiger partial charge in [0.15, 0.2) is 0 Å². The smallest absolute Gasteiger partial charge is 0.264 e. The van der Waals surface area contributed by atoms with Gasteiger partial charge in [-0.2, -0.15) is 5.10 Å². The Kier molecular flexibility index (Phi) is 7.73. The van der Waals surface area contributed by atoms with Gasteiger partial charge in [0, 0.05) is 5.02 Å². The molecule has 0 radical (unpaired) electrons. The second-order valence-electron chi connectivity index (χ2n) is 7.34. The van der Waals surface area contributed by atoms with E-state index in [0.717, 1.165) is 21.0 Å². The normalized spacial score (nSPS) is 11.4. The van der Waals surface area contributed by atoms with E-state index < -0.39 is 22.5 Å². The van der Waals surface area contributed by atoms with Crippen LogP contribution in [0.4, 0.5) is 5.69 Å². The van der Waals surface area contributed by atoms with Gasteiger partial charge in [-0.3, -0.25) is 9.10 Å². The van der Waals surface area contributed by atoms with E-state index in [9.17, 15) is 13.2 Å². The Morgan fingerprint density at radius 3 is 2.24 bits per heavy atom. The number of benzene rings is 3. The van der Waals surface area contributed by atoms with Gasteiger partial charge < -0.3 is 4.74 Å². The van der Waals surface area contributed by atoms with Crippen LogP contribution in [0, 0.1) is 13.8 Å². The van der Waals surface area contributed by atoms with Crippen molar-refractivity contribution in [3.63, 3.8) is 0 Å². The summed E-state index contributed by atoms with van der Waals surface area (Å²) in [6, 6.07) is 18.5. The van der Waals surface area contributed by atoms with Crippen molar-refractivity contribution >= 4 is 39.4 Å². The van der Waals surface area contributed by atoms with Gasteiger partial charge in [0.2, 0.25) is 0 Å². The summed E-state index contributed by atoms with van der Waals surface area (Å²) in [5, 5.41) is 4.24. The molecule has 0 saturated carbocycles. The van der Waals surface area contributed by atoms with E-state index in [1.165, 1.54) is 31.5 Å². The fourth-order valence-corrected chi connectivity index (χ4v) is 4.58. The molecule has 3 rings (SSSR count). The minimum absolute atomic E-state index is 0.0334. The zero-order valence-electron chi connectivity index (χ0n) is 18.4. The van der Waals surface area contributed by atoms with E-state index in [1.54, 1.807) is 24.3 Å². The summed E-state index contributed by atoms with van der Waals surface area (Å²) in [7, 11) is -2.70. The van der Waals surface area contributed by atoms with E-state index in [1.807, 2.05) is 38.1 Å². The molecule has 0 spiro atoms. The number of sulfonamides is 1. The standard InChI is InChI=1S/C24H24ClN3O4S/c1-17-4-8-19(9-5-17)15-26-27-24(29)16-28(22-14-20(25)10-13-23(22)32-3)33(30,31)21-11-6-18(2)7-12-21/h4-15H,16H2,1-3H3,(H,27,29)/b26-15+. The number of anilines is 1. The highest BCUT2D eigenvalue weighted by molar-refractivity contribution is 7.92. The van der Waals surface area contributed by atoms with Crippen LogP contribution in [-0.4, -0.2) is 34.2 Å². The SMILES string of the molecule is COc1ccc(Cl)cc1N(CC(=O)N/N=C/c1ccc(C)cc1)S(=O)(=O)c1ccc(C)cc1. The first-order chi connectivity index (χ1) is 15.7. The average molecular weight is 486 g/mol. The first-order valence-corrected chi connectivity index (χ1v) is 11.8. The van der Waals surface area contributed by atoms with Crippen LogP contribution in [0.5, 0.6) is 5.75 Å². The van der Waals surface area contributed by atoms with Crippen molar-refractivity contribution in [3.05, 3.63) is 88.4 Å². The number of hydrogen-bond donors (Lipinski definition) is 1. The number of ether oxygens (including phenoxy) is 1. The maximum absolute atomic E-state index is 13.5. The minimum Gasteiger partial charge on any atom is -0.495 e. The van der Waals surface area contributed by atoms with Crippen LogP contribution in [0.2, 0.25) is 5.02 Å². The molecule has 0 aliphatic heterocycles. The molecule has 0 aliphatic rings. The zero-order chi connectivity index (χ0) is 24.0. The molecule has 1 amide bonds. The minimum atomic E-state index is -4.12. The lowest BCUT2D eigenvalue weighted by atomic mass is 10.2. The van der Waals surface area contributed by atoms with Crippen LogP contribution in [0.3, 0.4) is 0 Å². The van der Waals surface area contributed by atoms with E-state index in [4.69, 9.17) is 16.3 Å². The third-order valence-electron chi connectivity index (χ3n) is 4.79. The molecule has 9 heteroatoms. The number of nitrogens with zero attached hydrogens (tertiary/aromatic N) is 2. The second kappa shape index (κ2) is 10.5. The quantitative estimate of drug-likeness (QED) is 0.380. The molecular weight excluding hydrogens is 462 g/mol. The van der Waals surface area contributed by atoms with Crippen molar-refractivity contribution in [2.45, 2.75) is 18.7 Å². The first-order valence-electron chi connectivity index (χ1n) is 10.0. The lowest BCUT2D eigenvalue weighted by Gasteiger charge is -2.25. The van der Waals surface area contributed by atoms with Crippen LogP contribution in [-0.2, 0) is 14.8 Å². The van der Waals surface area contributed by atoms with E-state index in [2.05, 4.69) is 10.5 Å². The predicted molar refractivity (Wildman–Crippen MR) is 131 cm³/mol. The largest absolute Gasteiger partial charge is 0.495 e. The number of carbonyl (C=O) groups excluding carboxylic acids is 1. The van der Waals surface area contributed by atoms with Gasteiger partial charge in [0.1, 0.15) is 12.3 Å². The van der Waals surface area contributed by atoms with Gasteiger partial charge in [-0.25, -0.2) is 13.8 Å². The van der Waals surface area contributed by atoms with Crippen LogP contribution >= 0.6 is 11.6 Å². The number of rotatable bonds is 8. The summed E-state index contributed by atoms with van der Waals surface area (Å²) in [5.74, 6) is -0.373. The summed E-state index contributed by atoms with van der Waals surface area (Å²) in [4.78, 5) is 12.7. The highest BCUT2D eigenvalue weighted by Crippen LogP contribution is 2.34. The molecule has 33 heavy (non-hydrogen) atoms. The summed E-state index contributed by atoms with van der Waals surface area (Å²) < 4.78 is 33.3. The number of carbonyl (C=O) groups is 1. The fourth-order valence-electron chi connectivity index (χ4n) is 2.99. The number of halogens is 1. The Bertz CT molecular complexity index is 1260. The Morgan fingerprint density at radius 2 is 1.64 bits per heavy atom. The van der Waals surface area contributed by atoms with Gasteiger partial charge in [-0.1, -0.05) is 59.1 Å². The predicted octanol–water partition coefficient (Wildman–Crippen LogP) is 4.31. The molecular formula is C24H24ClN3O4S. The molecule has 0 aromatic heterocycles. The number of hydrogen-bond acceptors (Lipinski definition) is 5. The molecule has 0 unspecified atom stereocenters. The third-order valence-corrected chi connectivity index (χ3v) is 6.80. The van der Waals surface area contributed by atoms with E-state index in [0.29, 0.717) is 5.02 Å². The maximum Gasteiger partial charge on any atom is 0.264 e. The first kappa shape index (κ1) is 24.3. The van der Waals surface area contributed by atoms with Gasteiger partial charge in [-0.05, 0) is 49.7 Å². The monoisotopic (exact) mass is 485 g/mol. The molecule has 0 fully saturated rings. The maximum atomic E-state index is 13.5. The van der Waals surface area contributed by atoms with Crippen LogP contribution in [0.1, 0.15) is 16.7 Å². The van der Waals surface area contributed by atoms with E-state index >= 15 is 0 Å². The summed E-state index contributed by atoms with van der Waals surface area (Å²) >= 11 is 6.13. The van der Waals surface area contributed by atoms with Crippen molar-refractivity contribution in [1.82, 2.24) is 5.43 Å². The number of aryl methyl sites for hydroxylation is 2. The summed E-state index contributed by atoms with van der Waals surface area (Å²) in [6.07, 6.45) is 1.48. The van der Waals surface area contributed by atoms with Gasteiger partial charge in [0.05, 0.1) is 23.9 Å². The molecule has 0 bridgehead atoms. The molecule has 0 aliphatic carbocycles. The van der Waals surface area contributed by atoms with Gasteiger partial charge >= 0.3 is 0 Å². The molecule has 7 nitrogen and oxygen atoms in total. The summed E-state index contributed by atoms with van der Waals surface area (Å²) in [6.45, 7) is 3.29. The Balaban J connectivity index is 1.92. The number of nitrogens with one attached hydrogen (secondary N) is 1. The average Bonchev–Trinajstić information content (AvgIpc) is 2.79. The Labute approximate surface area is 198 Å². The molecule has 0 saturated heterocycles. The number of amides is 1. The second-order valence-corrected chi connectivity index (χ2v) is 9.64. The van der Waals surface area contributed by atoms with Crippen LogP contribution in [0.25, 0.3) is 0 Å². The zero-order valence-corrected chi connectivity index (χ0v) is 20.0. The molecule has 1 N–H and O–H groups in total. The number of hydrazone groups is 1. The molecule has 3 aromatic carbocycles. The summed E-state index contributed by atoms with van der Waals surface area (Å²) in [5.41, 5.74) is 5.32. The van der Waals surface area contributed by atoms with Crippen molar-refractivity contribution in [2.75, 3.05) is 18.0 Å².